The van der Waals surface area contributed by atoms with Crippen molar-refractivity contribution in [2.45, 2.75) is 6.92 Å². The molecule has 4 nitrogen and oxygen atoms in total. The number of anilines is 1. The highest BCUT2D eigenvalue weighted by atomic mass is 79.9. The van der Waals surface area contributed by atoms with Crippen molar-refractivity contribution in [2.75, 3.05) is 18.5 Å². The van der Waals surface area contributed by atoms with Gasteiger partial charge in [-0.1, -0.05) is 15.9 Å². The first kappa shape index (κ1) is 13.9. The van der Waals surface area contributed by atoms with Gasteiger partial charge in [-0.25, -0.2) is 0 Å². The number of carbonyl (C=O) groups excluding carboxylic acids is 1. The lowest BCUT2D eigenvalue weighted by atomic mass is 10.1. The van der Waals surface area contributed by atoms with Crippen molar-refractivity contribution in [1.82, 2.24) is 0 Å². The largest absolute Gasteiger partial charge is 0.486 e. The normalized spacial score (nSPS) is 12.9. The Bertz CT molecular complexity index is 683. The Labute approximate surface area is 131 Å². The summed E-state index contributed by atoms with van der Waals surface area (Å²) in [6.07, 6.45) is 0. The van der Waals surface area contributed by atoms with Gasteiger partial charge in [-0.2, -0.15) is 0 Å². The molecule has 1 N–H and O–H groups in total. The fourth-order valence-electron chi connectivity index (χ4n) is 2.21. The highest BCUT2D eigenvalue weighted by Crippen LogP contribution is 2.36. The smallest absolute Gasteiger partial charge is 0.255 e. The van der Waals surface area contributed by atoms with Crippen LogP contribution in [0.25, 0.3) is 0 Å². The van der Waals surface area contributed by atoms with E-state index in [0.29, 0.717) is 30.2 Å². The summed E-state index contributed by atoms with van der Waals surface area (Å²) in [6, 6.07) is 10.9. The van der Waals surface area contributed by atoms with Crippen molar-refractivity contribution in [3.05, 3.63) is 52.0 Å². The number of fused-ring (bicyclic) bond motifs is 1. The van der Waals surface area contributed by atoms with Crippen LogP contribution in [0.15, 0.2) is 40.9 Å². The summed E-state index contributed by atoms with van der Waals surface area (Å²) in [4.78, 5) is 12.2. The third kappa shape index (κ3) is 3.03. The van der Waals surface area contributed by atoms with Gasteiger partial charge in [0.05, 0.1) is 0 Å². The van der Waals surface area contributed by atoms with E-state index < -0.39 is 0 Å². The number of hydrogen-bond donors (Lipinski definition) is 1. The van der Waals surface area contributed by atoms with Crippen LogP contribution in [0.4, 0.5) is 5.69 Å². The molecule has 2 aromatic rings. The fourth-order valence-corrected chi connectivity index (χ4v) is 2.47. The van der Waals surface area contributed by atoms with Crippen LogP contribution >= 0.6 is 15.9 Å². The maximum Gasteiger partial charge on any atom is 0.255 e. The third-order valence-corrected chi connectivity index (χ3v) is 3.72. The second kappa shape index (κ2) is 5.77. The van der Waals surface area contributed by atoms with Crippen molar-refractivity contribution in [3.8, 4) is 11.5 Å². The van der Waals surface area contributed by atoms with Crippen LogP contribution in [-0.4, -0.2) is 19.1 Å². The quantitative estimate of drug-likeness (QED) is 0.899. The Morgan fingerprint density at radius 3 is 2.62 bits per heavy atom. The predicted molar refractivity (Wildman–Crippen MR) is 84.3 cm³/mol. The molecule has 0 saturated carbocycles. The van der Waals surface area contributed by atoms with Gasteiger partial charge in [0.25, 0.3) is 5.91 Å². The molecular weight excluding hydrogens is 334 g/mol. The lowest BCUT2D eigenvalue weighted by molar-refractivity contribution is 0.102. The Balaban J connectivity index is 1.83. The molecule has 3 rings (SSSR count). The standard InChI is InChI=1S/C16H14BrNO3/c1-10-8-13(9-14-15(10)21-7-6-20-14)18-16(19)11-2-4-12(17)5-3-11/h2-5,8-9H,6-7H2,1H3,(H,18,19). The van der Waals surface area contributed by atoms with Crippen LogP contribution in [-0.2, 0) is 0 Å². The topological polar surface area (TPSA) is 47.6 Å². The van der Waals surface area contributed by atoms with Crippen LogP contribution < -0.4 is 14.8 Å². The molecule has 108 valence electrons. The second-order valence-electron chi connectivity index (χ2n) is 4.78. The number of ether oxygens (including phenoxy) is 2. The summed E-state index contributed by atoms with van der Waals surface area (Å²) in [6.45, 7) is 3.01. The molecule has 1 heterocycles. The molecule has 21 heavy (non-hydrogen) atoms. The minimum atomic E-state index is -0.154. The zero-order valence-corrected chi connectivity index (χ0v) is 13.1. The molecule has 2 aromatic carbocycles. The lowest BCUT2D eigenvalue weighted by Crippen LogP contribution is -2.17. The predicted octanol–water partition coefficient (Wildman–Crippen LogP) is 3.78. The van der Waals surface area contributed by atoms with E-state index in [1.807, 2.05) is 25.1 Å². The summed E-state index contributed by atoms with van der Waals surface area (Å²) < 4.78 is 12.1. The van der Waals surface area contributed by atoms with E-state index >= 15 is 0 Å². The van der Waals surface area contributed by atoms with Gasteiger partial charge in [-0.3, -0.25) is 4.79 Å². The van der Waals surface area contributed by atoms with Gasteiger partial charge in [0.15, 0.2) is 11.5 Å². The Hall–Kier alpha value is -2.01. The average molecular weight is 348 g/mol. The number of halogens is 1. The number of hydrogen-bond acceptors (Lipinski definition) is 3. The minimum absolute atomic E-state index is 0.154. The SMILES string of the molecule is Cc1cc(NC(=O)c2ccc(Br)cc2)cc2c1OCCO2. The molecule has 0 radical (unpaired) electrons. The number of carbonyl (C=O) groups is 1. The summed E-state index contributed by atoms with van der Waals surface area (Å²) in [5.41, 5.74) is 2.24. The zero-order chi connectivity index (χ0) is 14.8. The molecule has 1 aliphatic heterocycles. The number of benzene rings is 2. The van der Waals surface area contributed by atoms with Crippen LogP contribution in [0, 0.1) is 6.92 Å². The van der Waals surface area contributed by atoms with E-state index in [0.717, 1.165) is 15.8 Å². The number of amides is 1. The van der Waals surface area contributed by atoms with E-state index in [4.69, 9.17) is 9.47 Å². The molecule has 5 heteroatoms. The Morgan fingerprint density at radius 1 is 1.14 bits per heavy atom. The molecule has 0 saturated heterocycles. The molecule has 0 aliphatic carbocycles. The summed E-state index contributed by atoms with van der Waals surface area (Å²) in [7, 11) is 0. The van der Waals surface area contributed by atoms with E-state index in [1.165, 1.54) is 0 Å². The van der Waals surface area contributed by atoms with Crippen molar-refractivity contribution in [3.63, 3.8) is 0 Å². The fraction of sp³-hybridized carbons (Fsp3) is 0.188. The van der Waals surface area contributed by atoms with Crippen LogP contribution in [0.1, 0.15) is 15.9 Å². The third-order valence-electron chi connectivity index (χ3n) is 3.19. The monoisotopic (exact) mass is 347 g/mol. The molecule has 0 spiro atoms. The van der Waals surface area contributed by atoms with Crippen molar-refractivity contribution in [2.24, 2.45) is 0 Å². The maximum absolute atomic E-state index is 12.2. The Kier molecular flexibility index (Phi) is 3.84. The van der Waals surface area contributed by atoms with Gasteiger partial charge < -0.3 is 14.8 Å². The van der Waals surface area contributed by atoms with E-state index in [9.17, 15) is 4.79 Å². The molecule has 1 amide bonds. The van der Waals surface area contributed by atoms with E-state index in [2.05, 4.69) is 21.2 Å². The second-order valence-corrected chi connectivity index (χ2v) is 5.69. The highest BCUT2D eigenvalue weighted by molar-refractivity contribution is 9.10. The van der Waals surface area contributed by atoms with Crippen molar-refractivity contribution < 1.29 is 14.3 Å². The van der Waals surface area contributed by atoms with Gasteiger partial charge in [-0.15, -0.1) is 0 Å². The Morgan fingerprint density at radius 2 is 1.86 bits per heavy atom. The van der Waals surface area contributed by atoms with Crippen LogP contribution in [0.3, 0.4) is 0 Å². The highest BCUT2D eigenvalue weighted by Gasteiger charge is 2.16. The summed E-state index contributed by atoms with van der Waals surface area (Å²) >= 11 is 3.35. The first-order chi connectivity index (χ1) is 10.1. The average Bonchev–Trinajstić information content (AvgIpc) is 2.48. The molecule has 0 fully saturated rings. The van der Waals surface area contributed by atoms with Gasteiger partial charge >= 0.3 is 0 Å². The van der Waals surface area contributed by atoms with Crippen molar-refractivity contribution in [1.29, 1.82) is 0 Å². The van der Waals surface area contributed by atoms with Gasteiger partial charge in [0.1, 0.15) is 13.2 Å². The van der Waals surface area contributed by atoms with Gasteiger partial charge in [-0.05, 0) is 42.8 Å². The van der Waals surface area contributed by atoms with E-state index in [-0.39, 0.29) is 5.91 Å². The van der Waals surface area contributed by atoms with Gasteiger partial charge in [0, 0.05) is 21.8 Å². The molecule has 0 unspecified atom stereocenters. The lowest BCUT2D eigenvalue weighted by Gasteiger charge is -2.21. The summed E-state index contributed by atoms with van der Waals surface area (Å²) in [5, 5.41) is 2.88. The van der Waals surface area contributed by atoms with Crippen LogP contribution in [0.2, 0.25) is 0 Å². The number of nitrogens with one attached hydrogen (secondary N) is 1. The number of aryl methyl sites for hydroxylation is 1. The minimum Gasteiger partial charge on any atom is -0.486 e. The first-order valence-electron chi connectivity index (χ1n) is 6.60. The molecule has 0 aromatic heterocycles. The number of rotatable bonds is 2. The summed E-state index contributed by atoms with van der Waals surface area (Å²) in [5.74, 6) is 1.27. The van der Waals surface area contributed by atoms with Gasteiger partial charge in [0.2, 0.25) is 0 Å². The molecule has 0 bridgehead atoms. The maximum atomic E-state index is 12.2. The van der Waals surface area contributed by atoms with Crippen molar-refractivity contribution >= 4 is 27.5 Å². The van der Waals surface area contributed by atoms with E-state index in [1.54, 1.807) is 18.2 Å². The zero-order valence-electron chi connectivity index (χ0n) is 11.5. The molecule has 0 atom stereocenters. The van der Waals surface area contributed by atoms with Crippen LogP contribution in [0.5, 0.6) is 11.5 Å². The first-order valence-corrected chi connectivity index (χ1v) is 7.40. The molecular formula is C16H14BrNO3. The molecule has 1 aliphatic rings.